The summed E-state index contributed by atoms with van der Waals surface area (Å²) in [6, 6.07) is 0. The number of hydrogen-bond donors (Lipinski definition) is 0. The van der Waals surface area contributed by atoms with Crippen molar-refractivity contribution in [1.29, 1.82) is 0 Å². The van der Waals surface area contributed by atoms with Gasteiger partial charge >= 0.3 is 0 Å². The van der Waals surface area contributed by atoms with Crippen LogP contribution in [0, 0.1) is 23.7 Å². The van der Waals surface area contributed by atoms with Crippen LogP contribution in [-0.4, -0.2) is 23.6 Å². The molecule has 0 aromatic carbocycles. The molecule has 2 bridgehead atoms. The number of rotatable bonds is 0. The first kappa shape index (κ1) is 7.55. The first-order valence-corrected chi connectivity index (χ1v) is 6.21. The monoisotopic (exact) mass is 198 g/mol. The molecule has 1 aliphatic carbocycles. The predicted molar refractivity (Wildman–Crippen MR) is 50.2 cm³/mol. The molecule has 0 radical (unpaired) electrons. The van der Waals surface area contributed by atoms with Crippen LogP contribution in [0.1, 0.15) is 13.3 Å². The summed E-state index contributed by atoms with van der Waals surface area (Å²) in [4.78, 5) is 0. The van der Waals surface area contributed by atoms with Gasteiger partial charge in [0.15, 0.2) is 0 Å². The van der Waals surface area contributed by atoms with Gasteiger partial charge in [0.05, 0.1) is 12.7 Å². The van der Waals surface area contributed by atoms with Crippen LogP contribution in [-0.2, 0) is 9.47 Å². The van der Waals surface area contributed by atoms with E-state index in [1.807, 2.05) is 11.8 Å². The molecule has 0 N–H and O–H groups in total. The van der Waals surface area contributed by atoms with Crippen molar-refractivity contribution in [2.24, 2.45) is 23.7 Å². The Morgan fingerprint density at radius 2 is 2.08 bits per heavy atom. The van der Waals surface area contributed by atoms with E-state index < -0.39 is 0 Å². The fraction of sp³-hybridized carbons (Fsp3) is 1.00. The molecular formula is C10H14O2S. The van der Waals surface area contributed by atoms with Crippen LogP contribution in [0.5, 0.6) is 0 Å². The molecular weight excluding hydrogens is 184 g/mol. The number of ether oxygens (including phenoxy) is 2. The Morgan fingerprint density at radius 3 is 3.00 bits per heavy atom. The van der Waals surface area contributed by atoms with Gasteiger partial charge in [0.25, 0.3) is 0 Å². The quantitative estimate of drug-likeness (QED) is 0.590. The Labute approximate surface area is 82.4 Å². The van der Waals surface area contributed by atoms with Crippen LogP contribution in [0.15, 0.2) is 0 Å². The van der Waals surface area contributed by atoms with E-state index in [0.29, 0.717) is 17.0 Å². The molecule has 0 unspecified atom stereocenters. The van der Waals surface area contributed by atoms with E-state index in [1.54, 1.807) is 0 Å². The van der Waals surface area contributed by atoms with E-state index in [-0.39, 0.29) is 0 Å². The maximum atomic E-state index is 5.98. The van der Waals surface area contributed by atoms with Gasteiger partial charge < -0.3 is 9.47 Å². The van der Waals surface area contributed by atoms with Gasteiger partial charge in [-0.1, -0.05) is 11.8 Å². The largest absolute Gasteiger partial charge is 0.367 e. The molecule has 0 aromatic rings. The van der Waals surface area contributed by atoms with E-state index in [4.69, 9.17) is 9.47 Å². The maximum absolute atomic E-state index is 5.98. The summed E-state index contributed by atoms with van der Waals surface area (Å²) in [5.41, 5.74) is 0.940. The lowest BCUT2D eigenvalue weighted by atomic mass is 9.87. The van der Waals surface area contributed by atoms with E-state index >= 15 is 0 Å². The zero-order valence-corrected chi connectivity index (χ0v) is 8.50. The second-order valence-electron chi connectivity index (χ2n) is 4.85. The highest BCUT2D eigenvalue weighted by molar-refractivity contribution is 8.00. The maximum Gasteiger partial charge on any atom is 0.109 e. The molecule has 4 aliphatic rings. The number of hydrogen-bond acceptors (Lipinski definition) is 3. The summed E-state index contributed by atoms with van der Waals surface area (Å²) in [6.45, 7) is 3.25. The lowest BCUT2D eigenvalue weighted by Gasteiger charge is -2.29. The highest BCUT2D eigenvalue weighted by atomic mass is 32.2. The van der Waals surface area contributed by atoms with Crippen molar-refractivity contribution in [2.75, 3.05) is 6.61 Å². The lowest BCUT2D eigenvalue weighted by Crippen LogP contribution is -2.27. The Bertz CT molecular complexity index is 257. The third-order valence-electron chi connectivity index (χ3n) is 4.39. The molecule has 0 spiro atoms. The van der Waals surface area contributed by atoms with Gasteiger partial charge in [-0.05, 0) is 25.2 Å². The van der Waals surface area contributed by atoms with Gasteiger partial charge in [-0.15, -0.1) is 0 Å². The Morgan fingerprint density at radius 1 is 1.15 bits per heavy atom. The van der Waals surface area contributed by atoms with Crippen LogP contribution in [0.25, 0.3) is 0 Å². The molecule has 0 aromatic heterocycles. The molecule has 3 heterocycles. The van der Waals surface area contributed by atoms with Gasteiger partial charge in [0.2, 0.25) is 0 Å². The minimum atomic E-state index is 0.464. The Hall–Kier alpha value is 0.270. The van der Waals surface area contributed by atoms with Crippen molar-refractivity contribution in [3.63, 3.8) is 0 Å². The van der Waals surface area contributed by atoms with Gasteiger partial charge in [-0.2, -0.15) is 0 Å². The van der Waals surface area contributed by atoms with Crippen molar-refractivity contribution in [3.05, 3.63) is 0 Å². The van der Waals surface area contributed by atoms with Gasteiger partial charge in [0, 0.05) is 11.8 Å². The molecule has 3 aliphatic heterocycles. The Kier molecular flexibility index (Phi) is 1.31. The molecule has 4 rings (SSSR count). The van der Waals surface area contributed by atoms with Crippen LogP contribution < -0.4 is 0 Å². The van der Waals surface area contributed by atoms with E-state index in [2.05, 4.69) is 6.92 Å². The smallest absolute Gasteiger partial charge is 0.109 e. The third-order valence-corrected chi connectivity index (χ3v) is 5.88. The topological polar surface area (TPSA) is 18.5 Å². The lowest BCUT2D eigenvalue weighted by molar-refractivity contribution is 0.0630. The molecule has 2 nitrogen and oxygen atoms in total. The van der Waals surface area contributed by atoms with Crippen LogP contribution in [0.4, 0.5) is 0 Å². The predicted octanol–water partition coefficient (Wildman–Crippen LogP) is 1.70. The zero-order valence-electron chi connectivity index (χ0n) is 7.68. The van der Waals surface area contributed by atoms with E-state index in [0.717, 1.165) is 30.3 Å². The highest BCUT2D eigenvalue weighted by Gasteiger charge is 2.62. The molecule has 3 heteroatoms. The van der Waals surface area contributed by atoms with Crippen molar-refractivity contribution in [3.8, 4) is 0 Å². The summed E-state index contributed by atoms with van der Waals surface area (Å²) in [6.07, 6.45) is 1.86. The second kappa shape index (κ2) is 2.26. The minimum absolute atomic E-state index is 0.464. The fourth-order valence-electron chi connectivity index (χ4n) is 3.92. The zero-order chi connectivity index (χ0) is 8.58. The van der Waals surface area contributed by atoms with E-state index in [9.17, 15) is 0 Å². The SMILES string of the molecule is C[C@H]1O[C@@H]2S[C@@H]3OC[C@@H]4[C@@H]3C[C@@H]2[C@H]41. The minimum Gasteiger partial charge on any atom is -0.367 e. The fourth-order valence-corrected chi connectivity index (χ4v) is 5.59. The summed E-state index contributed by atoms with van der Waals surface area (Å²) < 4.78 is 11.8. The average Bonchev–Trinajstić information content (AvgIpc) is 2.65. The molecule has 72 valence electrons. The summed E-state index contributed by atoms with van der Waals surface area (Å²) in [7, 11) is 0. The van der Waals surface area contributed by atoms with Crippen molar-refractivity contribution >= 4 is 11.8 Å². The average molecular weight is 198 g/mol. The first-order chi connectivity index (χ1) is 6.34. The second-order valence-corrected chi connectivity index (χ2v) is 6.05. The standard InChI is InChI=1S/C10H14O2S/c1-4-8-6-2-5-7(8)3-11-9(5)13-10(6)12-4/h4-10H,2-3H2,1H3/t4-,5+,6-,7-,8-,9+,10-/m1/s1. The highest BCUT2D eigenvalue weighted by Crippen LogP contribution is 2.63. The van der Waals surface area contributed by atoms with Gasteiger partial charge in [0.1, 0.15) is 10.9 Å². The van der Waals surface area contributed by atoms with Crippen molar-refractivity contribution in [1.82, 2.24) is 0 Å². The van der Waals surface area contributed by atoms with E-state index in [1.165, 1.54) is 6.42 Å². The molecule has 3 saturated heterocycles. The van der Waals surface area contributed by atoms with Crippen LogP contribution in [0.3, 0.4) is 0 Å². The van der Waals surface area contributed by atoms with Crippen molar-refractivity contribution < 1.29 is 9.47 Å². The van der Waals surface area contributed by atoms with Gasteiger partial charge in [-0.3, -0.25) is 0 Å². The van der Waals surface area contributed by atoms with Crippen LogP contribution >= 0.6 is 11.8 Å². The Balaban J connectivity index is 1.82. The number of fused-ring (bicyclic) bond motifs is 1. The third kappa shape index (κ3) is 0.760. The molecule has 1 saturated carbocycles. The molecule has 0 amide bonds. The van der Waals surface area contributed by atoms with Crippen molar-refractivity contribution in [2.45, 2.75) is 30.3 Å². The normalized spacial score (nSPS) is 67.6. The van der Waals surface area contributed by atoms with Crippen LogP contribution in [0.2, 0.25) is 0 Å². The summed E-state index contributed by atoms with van der Waals surface area (Å²) in [5, 5.41) is 0. The molecule has 13 heavy (non-hydrogen) atoms. The molecule has 7 atom stereocenters. The first-order valence-electron chi connectivity index (χ1n) is 5.27. The molecule has 4 fully saturated rings. The number of thioether (sulfide) groups is 1. The van der Waals surface area contributed by atoms with Gasteiger partial charge in [-0.25, -0.2) is 0 Å². The summed E-state index contributed by atoms with van der Waals surface area (Å²) in [5.74, 6) is 3.36. The summed E-state index contributed by atoms with van der Waals surface area (Å²) >= 11 is 1.95.